The Kier molecular flexibility index (Phi) is 4.54. The van der Waals surface area contributed by atoms with Crippen molar-refractivity contribution in [2.24, 2.45) is 0 Å². The van der Waals surface area contributed by atoms with E-state index in [9.17, 15) is 9.59 Å². The number of nitrogens with zero attached hydrogens (tertiary/aromatic N) is 1. The molecule has 1 saturated heterocycles. The quantitative estimate of drug-likeness (QED) is 0.755. The Labute approximate surface area is 156 Å². The number of ether oxygens (including phenoxy) is 1. The lowest BCUT2D eigenvalue weighted by Crippen LogP contribution is -2.56. The van der Waals surface area contributed by atoms with Crippen molar-refractivity contribution >= 4 is 22.8 Å². The standard InChI is InChI=1S/C21H20N2O4/c1-26-18-7-3-2-5-17(18)21(25)23-11-9-14(23)13-22-20(24)16-6-4-8-19-15(16)10-12-27-19/h2-8,10,12,14H,9,11,13H2,1H3,(H,22,24)/t14-/m0/s1. The monoisotopic (exact) mass is 364 g/mol. The number of carbonyl (C=O) groups excluding carboxylic acids is 2. The zero-order valence-corrected chi connectivity index (χ0v) is 15.0. The molecule has 0 bridgehead atoms. The maximum absolute atomic E-state index is 12.8. The predicted octanol–water partition coefficient (Wildman–Crippen LogP) is 3.09. The molecule has 1 aromatic heterocycles. The van der Waals surface area contributed by atoms with Crippen LogP contribution in [0.1, 0.15) is 27.1 Å². The van der Waals surface area contributed by atoms with Gasteiger partial charge in [0.05, 0.1) is 30.5 Å². The molecule has 6 heteroatoms. The smallest absolute Gasteiger partial charge is 0.257 e. The Balaban J connectivity index is 1.42. The van der Waals surface area contributed by atoms with Gasteiger partial charge in [-0.05, 0) is 36.8 Å². The van der Waals surface area contributed by atoms with E-state index in [4.69, 9.17) is 9.15 Å². The number of rotatable bonds is 5. The van der Waals surface area contributed by atoms with Crippen LogP contribution < -0.4 is 10.1 Å². The second kappa shape index (κ2) is 7.15. The summed E-state index contributed by atoms with van der Waals surface area (Å²) in [4.78, 5) is 27.1. The van der Waals surface area contributed by atoms with Crippen molar-refractivity contribution in [1.82, 2.24) is 10.2 Å². The maximum Gasteiger partial charge on any atom is 0.257 e. The molecule has 0 spiro atoms. The van der Waals surface area contributed by atoms with Crippen molar-refractivity contribution in [2.45, 2.75) is 12.5 Å². The minimum atomic E-state index is -0.168. The molecule has 1 N–H and O–H groups in total. The van der Waals surface area contributed by atoms with E-state index in [1.807, 2.05) is 18.2 Å². The molecule has 2 amide bonds. The highest BCUT2D eigenvalue weighted by atomic mass is 16.5. The summed E-state index contributed by atoms with van der Waals surface area (Å²) < 4.78 is 10.6. The van der Waals surface area contributed by atoms with Crippen LogP contribution in [-0.4, -0.2) is 43.0 Å². The van der Waals surface area contributed by atoms with E-state index in [0.29, 0.717) is 35.5 Å². The average Bonchev–Trinajstić information content (AvgIpc) is 3.15. The van der Waals surface area contributed by atoms with Crippen LogP contribution in [0.3, 0.4) is 0 Å². The van der Waals surface area contributed by atoms with Gasteiger partial charge in [-0.1, -0.05) is 18.2 Å². The number of fused-ring (bicyclic) bond motifs is 1. The molecule has 1 aliphatic rings. The van der Waals surface area contributed by atoms with Crippen LogP contribution in [0, 0.1) is 0 Å². The molecule has 0 radical (unpaired) electrons. The van der Waals surface area contributed by atoms with Gasteiger partial charge in [0.15, 0.2) is 0 Å². The molecule has 1 aliphatic heterocycles. The minimum Gasteiger partial charge on any atom is -0.496 e. The molecular formula is C21H20N2O4. The molecule has 1 atom stereocenters. The van der Waals surface area contributed by atoms with Gasteiger partial charge in [-0.3, -0.25) is 9.59 Å². The Morgan fingerprint density at radius 1 is 1.15 bits per heavy atom. The third-order valence-corrected chi connectivity index (χ3v) is 4.98. The minimum absolute atomic E-state index is 0.0186. The first-order valence-corrected chi connectivity index (χ1v) is 8.87. The van der Waals surface area contributed by atoms with Gasteiger partial charge in [0.25, 0.3) is 11.8 Å². The Hall–Kier alpha value is -3.28. The molecule has 0 unspecified atom stereocenters. The van der Waals surface area contributed by atoms with Crippen LogP contribution in [-0.2, 0) is 0 Å². The summed E-state index contributed by atoms with van der Waals surface area (Å²) in [6.45, 7) is 1.09. The van der Waals surface area contributed by atoms with E-state index in [0.717, 1.165) is 11.8 Å². The fraction of sp³-hybridized carbons (Fsp3) is 0.238. The number of hydrogen-bond acceptors (Lipinski definition) is 4. The molecule has 1 fully saturated rings. The summed E-state index contributed by atoms with van der Waals surface area (Å²) in [6.07, 6.45) is 2.43. The van der Waals surface area contributed by atoms with Gasteiger partial charge in [-0.2, -0.15) is 0 Å². The first kappa shape index (κ1) is 17.1. The molecule has 27 heavy (non-hydrogen) atoms. The Morgan fingerprint density at radius 3 is 2.74 bits per heavy atom. The summed E-state index contributed by atoms with van der Waals surface area (Å²) >= 11 is 0. The van der Waals surface area contributed by atoms with Crippen molar-refractivity contribution in [3.63, 3.8) is 0 Å². The van der Waals surface area contributed by atoms with Gasteiger partial charge in [-0.15, -0.1) is 0 Å². The molecule has 2 aromatic carbocycles. The molecule has 0 aliphatic carbocycles. The third-order valence-electron chi connectivity index (χ3n) is 4.98. The van der Waals surface area contributed by atoms with Gasteiger partial charge in [0.1, 0.15) is 11.3 Å². The molecule has 3 aromatic rings. The van der Waals surface area contributed by atoms with Gasteiger partial charge < -0.3 is 19.4 Å². The maximum atomic E-state index is 12.8. The van der Waals surface area contributed by atoms with E-state index >= 15 is 0 Å². The van der Waals surface area contributed by atoms with E-state index in [1.165, 1.54) is 0 Å². The van der Waals surface area contributed by atoms with Crippen LogP contribution in [0.5, 0.6) is 5.75 Å². The summed E-state index contributed by atoms with van der Waals surface area (Å²) in [6, 6.07) is 14.3. The van der Waals surface area contributed by atoms with Crippen LogP contribution in [0.2, 0.25) is 0 Å². The van der Waals surface area contributed by atoms with E-state index < -0.39 is 0 Å². The lowest BCUT2D eigenvalue weighted by atomic mass is 10.0. The number of amides is 2. The number of para-hydroxylation sites is 1. The molecule has 0 saturated carbocycles. The molecule has 6 nitrogen and oxygen atoms in total. The highest BCUT2D eigenvalue weighted by Gasteiger charge is 2.34. The number of benzene rings is 2. The van der Waals surface area contributed by atoms with E-state index in [-0.39, 0.29) is 17.9 Å². The largest absolute Gasteiger partial charge is 0.496 e. The summed E-state index contributed by atoms with van der Waals surface area (Å²) in [7, 11) is 1.55. The third kappa shape index (κ3) is 3.14. The lowest BCUT2D eigenvalue weighted by Gasteiger charge is -2.41. The second-order valence-corrected chi connectivity index (χ2v) is 6.49. The normalized spacial score (nSPS) is 16.0. The SMILES string of the molecule is COc1ccccc1C(=O)N1CC[C@H]1CNC(=O)c1cccc2occc12. The highest BCUT2D eigenvalue weighted by Crippen LogP contribution is 2.25. The van der Waals surface area contributed by atoms with Gasteiger partial charge in [0.2, 0.25) is 0 Å². The van der Waals surface area contributed by atoms with Crippen LogP contribution >= 0.6 is 0 Å². The fourth-order valence-electron chi connectivity index (χ4n) is 3.39. The van der Waals surface area contributed by atoms with E-state index in [1.54, 1.807) is 48.6 Å². The summed E-state index contributed by atoms with van der Waals surface area (Å²) in [5.41, 5.74) is 1.79. The number of hydrogen-bond donors (Lipinski definition) is 1. The van der Waals surface area contributed by atoms with Gasteiger partial charge in [0, 0.05) is 18.5 Å². The molecule has 2 heterocycles. The first-order valence-electron chi connectivity index (χ1n) is 8.87. The van der Waals surface area contributed by atoms with Crippen molar-refractivity contribution in [3.05, 3.63) is 65.9 Å². The second-order valence-electron chi connectivity index (χ2n) is 6.49. The van der Waals surface area contributed by atoms with E-state index in [2.05, 4.69) is 5.32 Å². The number of methoxy groups -OCH3 is 1. The van der Waals surface area contributed by atoms with Crippen LogP contribution in [0.25, 0.3) is 11.0 Å². The van der Waals surface area contributed by atoms with Crippen molar-refractivity contribution < 1.29 is 18.7 Å². The average molecular weight is 364 g/mol. The topological polar surface area (TPSA) is 71.8 Å². The van der Waals surface area contributed by atoms with Gasteiger partial charge in [-0.25, -0.2) is 0 Å². The summed E-state index contributed by atoms with van der Waals surface area (Å²) in [5.74, 6) is 0.317. The number of furan rings is 1. The Morgan fingerprint density at radius 2 is 1.96 bits per heavy atom. The zero-order chi connectivity index (χ0) is 18.8. The fourth-order valence-corrected chi connectivity index (χ4v) is 3.39. The van der Waals surface area contributed by atoms with Crippen LogP contribution in [0.4, 0.5) is 0 Å². The van der Waals surface area contributed by atoms with Crippen molar-refractivity contribution in [1.29, 1.82) is 0 Å². The molecule has 4 rings (SSSR count). The number of likely N-dealkylation sites (tertiary alicyclic amines) is 1. The Bertz CT molecular complexity index is 995. The zero-order valence-electron chi connectivity index (χ0n) is 15.0. The lowest BCUT2D eigenvalue weighted by molar-refractivity contribution is 0.0453. The predicted molar refractivity (Wildman–Crippen MR) is 101 cm³/mol. The van der Waals surface area contributed by atoms with Crippen LogP contribution in [0.15, 0.2) is 59.2 Å². The molecular weight excluding hydrogens is 344 g/mol. The first-order chi connectivity index (χ1) is 13.2. The highest BCUT2D eigenvalue weighted by molar-refractivity contribution is 6.06. The van der Waals surface area contributed by atoms with Crippen molar-refractivity contribution in [2.75, 3.05) is 20.2 Å². The summed E-state index contributed by atoms with van der Waals surface area (Å²) in [5, 5.41) is 3.72. The number of nitrogens with one attached hydrogen (secondary N) is 1. The molecule has 138 valence electrons. The van der Waals surface area contributed by atoms with Crippen molar-refractivity contribution in [3.8, 4) is 5.75 Å². The number of carbonyl (C=O) groups is 2. The van der Waals surface area contributed by atoms with Gasteiger partial charge >= 0.3 is 0 Å².